The molecule has 1 aliphatic heterocycles. The number of anilines is 2. The van der Waals surface area contributed by atoms with Crippen molar-refractivity contribution in [2.24, 2.45) is 0 Å². The number of nitrogens with zero attached hydrogens (tertiary/aromatic N) is 2. The van der Waals surface area contributed by atoms with Gasteiger partial charge in [-0.05, 0) is 75.1 Å². The van der Waals surface area contributed by atoms with E-state index in [-0.39, 0.29) is 30.5 Å². The molecule has 3 aromatic rings. The lowest BCUT2D eigenvalue weighted by atomic mass is 9.98. The number of amides is 3. The van der Waals surface area contributed by atoms with Gasteiger partial charge in [-0.15, -0.1) is 0 Å². The molecule has 1 unspecified atom stereocenters. The van der Waals surface area contributed by atoms with Crippen LogP contribution in [0.5, 0.6) is 0 Å². The van der Waals surface area contributed by atoms with Gasteiger partial charge in [-0.25, -0.2) is 4.79 Å². The molecular weight excluding hydrogens is 478 g/mol. The lowest BCUT2D eigenvalue weighted by Crippen LogP contribution is -2.53. The van der Waals surface area contributed by atoms with Crippen LogP contribution >= 0.6 is 0 Å². The second kappa shape index (κ2) is 11.5. The highest BCUT2D eigenvalue weighted by molar-refractivity contribution is 6.15. The molecule has 0 saturated carbocycles. The number of hydrogen-bond acceptors (Lipinski definition) is 4. The molecule has 2 atom stereocenters. The molecule has 38 heavy (non-hydrogen) atoms. The van der Waals surface area contributed by atoms with Crippen LogP contribution < -0.4 is 15.1 Å². The first-order valence-corrected chi connectivity index (χ1v) is 13.1. The Hall–Kier alpha value is -4.13. The summed E-state index contributed by atoms with van der Waals surface area (Å²) in [5.74, 6) is -0.600. The minimum Gasteiger partial charge on any atom is -0.449 e. The number of carbonyl (C=O) groups excluding carboxylic acids is 3. The van der Waals surface area contributed by atoms with E-state index >= 15 is 0 Å². The van der Waals surface area contributed by atoms with Gasteiger partial charge in [-0.3, -0.25) is 14.5 Å². The van der Waals surface area contributed by atoms with E-state index in [2.05, 4.69) is 5.32 Å². The van der Waals surface area contributed by atoms with Crippen molar-refractivity contribution >= 4 is 29.3 Å². The highest BCUT2D eigenvalue weighted by Crippen LogP contribution is 2.40. The van der Waals surface area contributed by atoms with Gasteiger partial charge in [0.25, 0.3) is 11.8 Å². The standard InChI is InChI=1S/C31H35N3O4/c1-6-24-19-33(27-17-20(3)21(4)18-28(27)34(24)31(37)38-7-2)30(36)26-16-12-11-15-25(26)29(35)32-22(5)23-13-9-8-10-14-23/h8-18,22,24H,6-7,19H2,1-5H3,(H,32,35)/t22-,24?/m0/s1. The van der Waals surface area contributed by atoms with Crippen molar-refractivity contribution in [3.63, 3.8) is 0 Å². The predicted molar refractivity (Wildman–Crippen MR) is 150 cm³/mol. The summed E-state index contributed by atoms with van der Waals surface area (Å²) < 4.78 is 5.38. The van der Waals surface area contributed by atoms with Gasteiger partial charge in [-0.1, -0.05) is 49.4 Å². The van der Waals surface area contributed by atoms with Crippen LogP contribution in [-0.4, -0.2) is 37.1 Å². The average molecular weight is 514 g/mol. The molecule has 0 radical (unpaired) electrons. The summed E-state index contributed by atoms with van der Waals surface area (Å²) in [4.78, 5) is 43.8. The molecule has 3 aromatic carbocycles. The van der Waals surface area contributed by atoms with Crippen molar-refractivity contribution in [3.8, 4) is 0 Å². The predicted octanol–water partition coefficient (Wildman–Crippen LogP) is 6.20. The van der Waals surface area contributed by atoms with E-state index in [0.717, 1.165) is 16.7 Å². The molecule has 1 N–H and O–H groups in total. The number of rotatable bonds is 6. The molecule has 7 nitrogen and oxygen atoms in total. The van der Waals surface area contributed by atoms with Crippen LogP contribution in [0.3, 0.4) is 0 Å². The van der Waals surface area contributed by atoms with Gasteiger partial charge in [0.15, 0.2) is 0 Å². The van der Waals surface area contributed by atoms with Crippen LogP contribution in [0, 0.1) is 13.8 Å². The maximum atomic E-state index is 14.1. The third-order valence-electron chi connectivity index (χ3n) is 7.13. The van der Waals surface area contributed by atoms with Gasteiger partial charge in [-0.2, -0.15) is 0 Å². The molecule has 0 bridgehead atoms. The van der Waals surface area contributed by atoms with Crippen LogP contribution in [0.1, 0.15) is 70.6 Å². The number of nitrogens with one attached hydrogen (secondary N) is 1. The second-order valence-electron chi connectivity index (χ2n) is 9.62. The van der Waals surface area contributed by atoms with E-state index in [4.69, 9.17) is 4.74 Å². The number of ether oxygens (including phenoxy) is 1. The summed E-state index contributed by atoms with van der Waals surface area (Å²) in [5.41, 5.74) is 4.88. The summed E-state index contributed by atoms with van der Waals surface area (Å²) in [7, 11) is 0. The van der Waals surface area contributed by atoms with Crippen molar-refractivity contribution < 1.29 is 19.1 Å². The van der Waals surface area contributed by atoms with Gasteiger partial charge in [0.2, 0.25) is 0 Å². The van der Waals surface area contributed by atoms with Gasteiger partial charge in [0.05, 0.1) is 41.2 Å². The van der Waals surface area contributed by atoms with E-state index in [1.54, 1.807) is 41.0 Å². The van der Waals surface area contributed by atoms with Crippen LogP contribution in [-0.2, 0) is 4.74 Å². The Morgan fingerprint density at radius 2 is 1.53 bits per heavy atom. The topological polar surface area (TPSA) is 79.0 Å². The maximum absolute atomic E-state index is 14.1. The van der Waals surface area contributed by atoms with E-state index in [0.29, 0.717) is 35.5 Å². The quantitative estimate of drug-likeness (QED) is 0.426. The van der Waals surface area contributed by atoms with Crippen molar-refractivity contribution in [2.45, 2.75) is 53.1 Å². The summed E-state index contributed by atoms with van der Waals surface area (Å²) in [6, 6.07) is 19.9. The Morgan fingerprint density at radius 3 is 2.16 bits per heavy atom. The van der Waals surface area contributed by atoms with Crippen LogP contribution in [0.15, 0.2) is 66.7 Å². The van der Waals surface area contributed by atoms with Gasteiger partial charge < -0.3 is 15.0 Å². The fourth-order valence-corrected chi connectivity index (χ4v) is 4.84. The second-order valence-corrected chi connectivity index (χ2v) is 9.62. The first-order chi connectivity index (χ1) is 18.3. The fraction of sp³-hybridized carbons (Fsp3) is 0.323. The molecule has 0 spiro atoms. The number of hydrogen-bond donors (Lipinski definition) is 1. The van der Waals surface area contributed by atoms with Crippen LogP contribution in [0.2, 0.25) is 0 Å². The maximum Gasteiger partial charge on any atom is 0.414 e. The number of aryl methyl sites for hydroxylation is 2. The van der Waals surface area contributed by atoms with Gasteiger partial charge in [0, 0.05) is 6.54 Å². The van der Waals surface area contributed by atoms with E-state index < -0.39 is 6.09 Å². The minimum absolute atomic E-state index is 0.226. The molecule has 3 amide bonds. The van der Waals surface area contributed by atoms with Crippen molar-refractivity contribution in [3.05, 3.63) is 94.5 Å². The zero-order chi connectivity index (χ0) is 27.4. The molecule has 4 rings (SSSR count). The van der Waals surface area contributed by atoms with Crippen molar-refractivity contribution in [2.75, 3.05) is 23.0 Å². The van der Waals surface area contributed by atoms with Crippen molar-refractivity contribution in [1.82, 2.24) is 5.32 Å². The first-order valence-electron chi connectivity index (χ1n) is 13.1. The molecule has 1 aliphatic rings. The molecule has 0 fully saturated rings. The highest BCUT2D eigenvalue weighted by atomic mass is 16.6. The lowest BCUT2D eigenvalue weighted by molar-refractivity contribution is 0.0921. The summed E-state index contributed by atoms with van der Waals surface area (Å²) >= 11 is 0. The molecular formula is C31H35N3O4. The smallest absolute Gasteiger partial charge is 0.414 e. The molecule has 0 aliphatic carbocycles. The third-order valence-corrected chi connectivity index (χ3v) is 7.13. The number of carbonyl (C=O) groups is 3. The zero-order valence-corrected chi connectivity index (χ0v) is 22.7. The highest BCUT2D eigenvalue weighted by Gasteiger charge is 2.38. The Bertz CT molecular complexity index is 1340. The van der Waals surface area contributed by atoms with E-state index in [9.17, 15) is 14.4 Å². The summed E-state index contributed by atoms with van der Waals surface area (Å²) in [6.45, 7) is 10.2. The fourth-order valence-electron chi connectivity index (χ4n) is 4.84. The third kappa shape index (κ3) is 5.28. The van der Waals surface area contributed by atoms with Crippen LogP contribution in [0.25, 0.3) is 0 Å². The summed E-state index contributed by atoms with van der Waals surface area (Å²) in [6.07, 6.45) is 0.205. The summed E-state index contributed by atoms with van der Waals surface area (Å²) in [5, 5.41) is 3.02. The SMILES string of the molecule is CCOC(=O)N1c2cc(C)c(C)cc2N(C(=O)c2ccccc2C(=O)N[C@@H](C)c2ccccc2)CC1CC. The molecule has 198 valence electrons. The molecule has 7 heteroatoms. The van der Waals surface area contributed by atoms with E-state index in [1.807, 2.05) is 70.2 Å². The van der Waals surface area contributed by atoms with E-state index in [1.165, 1.54) is 0 Å². The Labute approximate surface area is 224 Å². The zero-order valence-electron chi connectivity index (χ0n) is 22.7. The molecule has 0 aromatic heterocycles. The first kappa shape index (κ1) is 26.9. The van der Waals surface area contributed by atoms with Crippen LogP contribution in [0.4, 0.5) is 16.2 Å². The van der Waals surface area contributed by atoms with Gasteiger partial charge in [0.1, 0.15) is 0 Å². The number of benzene rings is 3. The van der Waals surface area contributed by atoms with Crippen molar-refractivity contribution in [1.29, 1.82) is 0 Å². The Kier molecular flexibility index (Phi) is 8.15. The minimum atomic E-state index is -0.425. The average Bonchev–Trinajstić information content (AvgIpc) is 2.93. The number of fused-ring (bicyclic) bond motifs is 1. The van der Waals surface area contributed by atoms with Gasteiger partial charge >= 0.3 is 6.09 Å². The largest absolute Gasteiger partial charge is 0.449 e. The Balaban J connectivity index is 1.72. The normalized spacial score (nSPS) is 15.4. The Morgan fingerprint density at radius 1 is 0.921 bits per heavy atom. The molecule has 1 heterocycles. The molecule has 0 saturated heterocycles. The monoisotopic (exact) mass is 513 g/mol. The lowest BCUT2D eigenvalue weighted by Gasteiger charge is -2.42.